The number of hydrogen-bond donors (Lipinski definition) is 2. The van der Waals surface area contributed by atoms with Crippen LogP contribution in [0.1, 0.15) is 19.4 Å². The second-order valence-electron chi connectivity index (χ2n) is 4.95. The van der Waals surface area contributed by atoms with Gasteiger partial charge in [-0.1, -0.05) is 0 Å². The van der Waals surface area contributed by atoms with Crippen LogP contribution in [0.25, 0.3) is 0 Å². The van der Waals surface area contributed by atoms with Crippen LogP contribution in [0.2, 0.25) is 0 Å². The summed E-state index contributed by atoms with van der Waals surface area (Å²) < 4.78 is 23.0. The van der Waals surface area contributed by atoms with Crippen LogP contribution in [0.4, 0.5) is 10.1 Å². The maximum atomic E-state index is 13.2. The molecule has 2 rings (SSSR count). The molecule has 0 radical (unpaired) electrons. The molecule has 1 aliphatic heterocycles. The SMILES string of the molecule is Cc1c(F)ccc(NC=C2C(=O)OC(C)(C)OC2=O)c1O. The van der Waals surface area contributed by atoms with E-state index in [2.05, 4.69) is 5.32 Å². The molecule has 1 fully saturated rings. The zero-order valence-corrected chi connectivity index (χ0v) is 11.7. The zero-order chi connectivity index (χ0) is 15.8. The van der Waals surface area contributed by atoms with E-state index in [9.17, 15) is 19.1 Å². The maximum Gasteiger partial charge on any atom is 0.350 e. The van der Waals surface area contributed by atoms with Gasteiger partial charge in [-0.2, -0.15) is 0 Å². The van der Waals surface area contributed by atoms with Crippen LogP contribution in [-0.4, -0.2) is 22.8 Å². The molecule has 6 nitrogen and oxygen atoms in total. The van der Waals surface area contributed by atoms with Gasteiger partial charge >= 0.3 is 11.9 Å². The smallest absolute Gasteiger partial charge is 0.350 e. The molecule has 1 aromatic rings. The Morgan fingerprint density at radius 3 is 2.38 bits per heavy atom. The average molecular weight is 295 g/mol. The Morgan fingerprint density at radius 2 is 1.81 bits per heavy atom. The normalized spacial score (nSPS) is 17.0. The number of esters is 2. The third kappa shape index (κ3) is 2.96. The van der Waals surface area contributed by atoms with E-state index in [4.69, 9.17) is 9.47 Å². The average Bonchev–Trinajstić information content (AvgIpc) is 2.36. The number of carbonyl (C=O) groups excluding carboxylic acids is 2. The van der Waals surface area contributed by atoms with Gasteiger partial charge in [-0.3, -0.25) is 0 Å². The highest BCUT2D eigenvalue weighted by atomic mass is 19.1. The minimum Gasteiger partial charge on any atom is -0.505 e. The lowest BCUT2D eigenvalue weighted by Crippen LogP contribution is -2.42. The lowest BCUT2D eigenvalue weighted by Gasteiger charge is -2.29. The van der Waals surface area contributed by atoms with Crippen molar-refractivity contribution in [3.05, 3.63) is 35.3 Å². The first-order valence-electron chi connectivity index (χ1n) is 6.13. The number of halogens is 1. The van der Waals surface area contributed by atoms with Gasteiger partial charge in [0.2, 0.25) is 0 Å². The first kappa shape index (κ1) is 14.8. The van der Waals surface area contributed by atoms with Crippen LogP contribution in [0.5, 0.6) is 5.75 Å². The number of phenolic OH excluding ortho intramolecular Hbond substituents is 1. The second-order valence-corrected chi connectivity index (χ2v) is 4.95. The summed E-state index contributed by atoms with van der Waals surface area (Å²) in [5.41, 5.74) is -0.157. The topological polar surface area (TPSA) is 84.9 Å². The Labute approximate surface area is 120 Å². The maximum absolute atomic E-state index is 13.2. The number of nitrogens with one attached hydrogen (secondary N) is 1. The largest absolute Gasteiger partial charge is 0.505 e. The monoisotopic (exact) mass is 295 g/mol. The van der Waals surface area contributed by atoms with Crippen LogP contribution in [0, 0.1) is 12.7 Å². The highest BCUT2D eigenvalue weighted by molar-refractivity contribution is 6.15. The second kappa shape index (κ2) is 5.08. The minimum absolute atomic E-state index is 0.0494. The predicted molar refractivity (Wildman–Crippen MR) is 70.8 cm³/mol. The number of phenols is 1. The summed E-state index contributed by atoms with van der Waals surface area (Å²) in [5, 5.41) is 12.3. The van der Waals surface area contributed by atoms with Crippen molar-refractivity contribution >= 4 is 17.6 Å². The molecule has 0 atom stereocenters. The molecule has 0 amide bonds. The molecule has 2 N–H and O–H groups in total. The van der Waals surface area contributed by atoms with Gasteiger partial charge in [0.25, 0.3) is 5.79 Å². The number of hydrogen-bond acceptors (Lipinski definition) is 6. The molecule has 0 aliphatic carbocycles. The molecular weight excluding hydrogens is 281 g/mol. The van der Waals surface area contributed by atoms with E-state index in [-0.39, 0.29) is 22.6 Å². The number of ether oxygens (including phenoxy) is 2. The first-order valence-corrected chi connectivity index (χ1v) is 6.13. The number of cyclic esters (lactones) is 2. The van der Waals surface area contributed by atoms with Gasteiger partial charge < -0.3 is 19.9 Å². The lowest BCUT2D eigenvalue weighted by molar-refractivity contribution is -0.222. The molecular formula is C14H14FNO5. The van der Waals surface area contributed by atoms with Gasteiger partial charge in [0.1, 0.15) is 11.6 Å². The Balaban J connectivity index is 2.24. The van der Waals surface area contributed by atoms with Crippen LogP contribution in [0.15, 0.2) is 23.9 Å². The molecule has 112 valence electrons. The molecule has 1 saturated heterocycles. The number of rotatable bonds is 2. The molecule has 0 spiro atoms. The molecule has 7 heteroatoms. The fraction of sp³-hybridized carbons (Fsp3) is 0.286. The standard InChI is InChI=1S/C14H14FNO5/c1-7-9(15)4-5-10(11(7)17)16-6-8-12(18)20-14(2,3)21-13(8)19/h4-6,16-17H,1-3H3. The summed E-state index contributed by atoms with van der Waals surface area (Å²) in [4.78, 5) is 23.4. The Hall–Kier alpha value is -2.57. The predicted octanol–water partition coefficient (Wildman–Crippen LogP) is 1.97. The van der Waals surface area contributed by atoms with E-state index in [1.807, 2.05) is 0 Å². The van der Waals surface area contributed by atoms with E-state index < -0.39 is 23.5 Å². The van der Waals surface area contributed by atoms with Crippen molar-refractivity contribution in [1.29, 1.82) is 0 Å². The fourth-order valence-corrected chi connectivity index (χ4v) is 1.72. The summed E-state index contributed by atoms with van der Waals surface area (Å²) in [5.74, 6) is -3.89. The van der Waals surface area contributed by atoms with E-state index in [0.717, 1.165) is 12.3 Å². The van der Waals surface area contributed by atoms with E-state index in [0.29, 0.717) is 0 Å². The Bertz CT molecular complexity index is 629. The van der Waals surface area contributed by atoms with Gasteiger partial charge in [0.05, 0.1) is 5.69 Å². The van der Waals surface area contributed by atoms with Crippen LogP contribution in [0.3, 0.4) is 0 Å². The summed E-state index contributed by atoms with van der Waals surface area (Å²) in [6.45, 7) is 4.26. The number of anilines is 1. The highest BCUT2D eigenvalue weighted by Gasteiger charge is 2.38. The van der Waals surface area contributed by atoms with Gasteiger partial charge in [0, 0.05) is 25.6 Å². The molecule has 0 bridgehead atoms. The summed E-state index contributed by atoms with van der Waals surface area (Å²) in [6, 6.07) is 2.43. The van der Waals surface area contributed by atoms with Gasteiger partial charge in [-0.25, -0.2) is 14.0 Å². The number of benzene rings is 1. The fourth-order valence-electron chi connectivity index (χ4n) is 1.72. The van der Waals surface area contributed by atoms with Crippen molar-refractivity contribution in [2.45, 2.75) is 26.6 Å². The summed E-state index contributed by atoms with van der Waals surface area (Å²) >= 11 is 0. The van der Waals surface area contributed by atoms with E-state index in [1.54, 1.807) is 0 Å². The molecule has 1 aromatic carbocycles. The molecule has 0 unspecified atom stereocenters. The van der Waals surface area contributed by atoms with E-state index >= 15 is 0 Å². The van der Waals surface area contributed by atoms with Gasteiger partial charge in [-0.15, -0.1) is 0 Å². The van der Waals surface area contributed by atoms with Crippen molar-refractivity contribution in [2.24, 2.45) is 0 Å². The highest BCUT2D eigenvalue weighted by Crippen LogP contribution is 2.29. The van der Waals surface area contributed by atoms with Crippen molar-refractivity contribution in [1.82, 2.24) is 0 Å². The van der Waals surface area contributed by atoms with E-state index in [1.165, 1.54) is 26.8 Å². The quantitative estimate of drug-likeness (QED) is 0.375. The van der Waals surface area contributed by atoms with Crippen LogP contribution >= 0.6 is 0 Å². The number of aromatic hydroxyl groups is 1. The first-order chi connectivity index (χ1) is 9.71. The van der Waals surface area contributed by atoms with Gasteiger partial charge in [-0.05, 0) is 19.1 Å². The van der Waals surface area contributed by atoms with Crippen molar-refractivity contribution in [3.63, 3.8) is 0 Å². The molecule has 0 aromatic heterocycles. The molecule has 21 heavy (non-hydrogen) atoms. The molecule has 1 aliphatic rings. The van der Waals surface area contributed by atoms with Gasteiger partial charge in [0.15, 0.2) is 5.57 Å². The summed E-state index contributed by atoms with van der Waals surface area (Å²) in [7, 11) is 0. The molecule has 1 heterocycles. The third-order valence-corrected chi connectivity index (χ3v) is 2.85. The third-order valence-electron chi connectivity index (χ3n) is 2.85. The Morgan fingerprint density at radius 1 is 1.24 bits per heavy atom. The van der Waals surface area contributed by atoms with Crippen molar-refractivity contribution < 1.29 is 28.6 Å². The zero-order valence-electron chi connectivity index (χ0n) is 11.7. The van der Waals surface area contributed by atoms with Crippen LogP contribution < -0.4 is 5.32 Å². The summed E-state index contributed by atoms with van der Waals surface area (Å²) in [6.07, 6.45) is 1.05. The van der Waals surface area contributed by atoms with Crippen molar-refractivity contribution in [3.8, 4) is 5.75 Å². The van der Waals surface area contributed by atoms with Crippen molar-refractivity contribution in [2.75, 3.05) is 5.32 Å². The minimum atomic E-state index is -1.32. The Kier molecular flexibility index (Phi) is 3.59. The van der Waals surface area contributed by atoms with Crippen LogP contribution in [-0.2, 0) is 19.1 Å². The number of carbonyl (C=O) groups is 2. The lowest BCUT2D eigenvalue weighted by atomic mass is 10.1. The molecule has 0 saturated carbocycles.